The summed E-state index contributed by atoms with van der Waals surface area (Å²) in [4.78, 5) is 11.2. The van der Waals surface area contributed by atoms with Crippen molar-refractivity contribution in [3.05, 3.63) is 12.2 Å². The molecule has 0 spiro atoms. The third-order valence-electron chi connectivity index (χ3n) is 2.80. The fourth-order valence-corrected chi connectivity index (χ4v) is 2.39. The molecule has 0 radical (unpaired) electrons. The monoisotopic (exact) mass is 229 g/mol. The maximum absolute atomic E-state index is 11.2. The van der Waals surface area contributed by atoms with Gasteiger partial charge in [0.25, 0.3) is 0 Å². The van der Waals surface area contributed by atoms with Gasteiger partial charge >= 0.3 is 0 Å². The minimum absolute atomic E-state index is 0.0210. The lowest BCUT2D eigenvalue weighted by molar-refractivity contribution is -0.117. The van der Waals surface area contributed by atoms with E-state index in [2.05, 4.69) is 39.2 Å². The van der Waals surface area contributed by atoms with Crippen LogP contribution in [-0.4, -0.2) is 43.7 Å². The second-order valence-electron chi connectivity index (χ2n) is 4.77. The van der Waals surface area contributed by atoms with E-state index in [0.29, 0.717) is 5.57 Å². The zero-order valence-electron chi connectivity index (χ0n) is 10.7. The van der Waals surface area contributed by atoms with Gasteiger partial charge in [-0.2, -0.15) is 0 Å². The lowest BCUT2D eigenvalue weighted by Gasteiger charge is -2.36. The van der Waals surface area contributed by atoms with Crippen LogP contribution in [0, 0.1) is 0 Å². The zero-order valence-corrected chi connectivity index (χ0v) is 11.5. The molecule has 0 saturated heterocycles. The molecule has 0 aromatic heterocycles. The summed E-state index contributed by atoms with van der Waals surface area (Å²) in [7, 11) is 1.79. The molecular formula is C11H24BNOS. The van der Waals surface area contributed by atoms with Gasteiger partial charge < -0.3 is 5.32 Å². The molecule has 2 nitrogen and oxygen atoms in total. The first-order valence-electron chi connectivity index (χ1n) is 5.41. The molecule has 0 aromatic rings. The normalized spacial score (nSPS) is 14.4. The van der Waals surface area contributed by atoms with Crippen molar-refractivity contribution >= 4 is 23.8 Å². The summed E-state index contributed by atoms with van der Waals surface area (Å²) in [6, 6.07) is 0. The molecule has 0 aliphatic carbocycles. The molecule has 1 N–H and O–H groups in total. The lowest BCUT2D eigenvalue weighted by atomic mass is 10.1. The quantitative estimate of drug-likeness (QED) is 0.412. The Morgan fingerprint density at radius 2 is 2.07 bits per heavy atom. The predicted molar refractivity (Wildman–Crippen MR) is 74.8 cm³/mol. The largest absolute Gasteiger partial charge is 0.352 e. The van der Waals surface area contributed by atoms with E-state index in [0.717, 1.165) is 18.1 Å². The Morgan fingerprint density at radius 1 is 1.53 bits per heavy atom. The van der Waals surface area contributed by atoms with Crippen molar-refractivity contribution in [2.45, 2.75) is 25.4 Å². The first kappa shape index (κ1) is 14.6. The van der Waals surface area contributed by atoms with Gasteiger partial charge in [-0.05, 0) is 36.8 Å². The second-order valence-corrected chi connectivity index (χ2v) is 9.36. The van der Waals surface area contributed by atoms with Crippen LogP contribution in [0.25, 0.3) is 0 Å². The van der Waals surface area contributed by atoms with E-state index in [1.54, 1.807) is 6.92 Å². The van der Waals surface area contributed by atoms with Crippen molar-refractivity contribution in [2.24, 2.45) is 0 Å². The minimum Gasteiger partial charge on any atom is -0.352 e. The molecule has 0 saturated carbocycles. The highest BCUT2D eigenvalue weighted by atomic mass is 32.3. The molecule has 0 aliphatic rings. The van der Waals surface area contributed by atoms with Crippen molar-refractivity contribution in [1.29, 1.82) is 0 Å². The first-order valence-corrected chi connectivity index (χ1v) is 8.09. The average molecular weight is 229 g/mol. The van der Waals surface area contributed by atoms with Gasteiger partial charge in [0.15, 0.2) is 0 Å². The van der Waals surface area contributed by atoms with Crippen molar-refractivity contribution in [2.75, 3.05) is 24.8 Å². The van der Waals surface area contributed by atoms with Gasteiger partial charge in [-0.15, -0.1) is 0 Å². The summed E-state index contributed by atoms with van der Waals surface area (Å²) in [6.07, 6.45) is 5.79. The van der Waals surface area contributed by atoms with Crippen LogP contribution in [-0.2, 0) is 4.79 Å². The van der Waals surface area contributed by atoms with Crippen LogP contribution in [0.15, 0.2) is 12.2 Å². The highest BCUT2D eigenvalue weighted by Gasteiger charge is 2.15. The number of rotatable bonds is 6. The van der Waals surface area contributed by atoms with Crippen LogP contribution in [0.4, 0.5) is 0 Å². The van der Waals surface area contributed by atoms with Crippen LogP contribution in [0.3, 0.4) is 0 Å². The highest BCUT2D eigenvalue weighted by molar-refractivity contribution is 8.33. The van der Waals surface area contributed by atoms with Crippen LogP contribution < -0.4 is 5.32 Å². The SMILES string of the molecule is BC(C)S(C)(C)CCCNC(=O)C(=C)C. The third-order valence-corrected chi connectivity index (χ3v) is 6.69. The van der Waals surface area contributed by atoms with Gasteiger partial charge in [0.1, 0.15) is 7.85 Å². The summed E-state index contributed by atoms with van der Waals surface area (Å²) < 4.78 is 0. The fraction of sp³-hybridized carbons (Fsp3) is 0.727. The molecule has 4 heteroatoms. The lowest BCUT2D eigenvalue weighted by Crippen LogP contribution is -2.26. The number of nitrogens with one attached hydrogen (secondary N) is 1. The maximum Gasteiger partial charge on any atom is 0.246 e. The van der Waals surface area contributed by atoms with Gasteiger partial charge in [-0.25, -0.2) is 0 Å². The molecule has 88 valence electrons. The van der Waals surface area contributed by atoms with E-state index < -0.39 is 10.0 Å². The Hall–Kier alpha value is -0.375. The van der Waals surface area contributed by atoms with Crippen LogP contribution >= 0.6 is 10.0 Å². The van der Waals surface area contributed by atoms with Gasteiger partial charge in [-0.3, -0.25) is 14.8 Å². The fourth-order valence-electron chi connectivity index (χ4n) is 1.03. The van der Waals surface area contributed by atoms with E-state index in [1.165, 1.54) is 5.75 Å². The summed E-state index contributed by atoms with van der Waals surface area (Å²) in [5.41, 5.74) is 0.588. The number of carbonyl (C=O) groups excluding carboxylic acids is 1. The number of hydrogen-bond acceptors (Lipinski definition) is 1. The molecule has 0 aliphatic heterocycles. The topological polar surface area (TPSA) is 29.1 Å². The molecule has 1 atom stereocenters. The molecule has 0 heterocycles. The Morgan fingerprint density at radius 3 is 2.47 bits per heavy atom. The highest BCUT2D eigenvalue weighted by Crippen LogP contribution is 2.43. The van der Waals surface area contributed by atoms with Crippen molar-refractivity contribution in [3.8, 4) is 0 Å². The number of amides is 1. The van der Waals surface area contributed by atoms with Crippen LogP contribution in [0.1, 0.15) is 20.3 Å². The number of carbonyl (C=O) groups is 1. The summed E-state index contributed by atoms with van der Waals surface area (Å²) in [5, 5.41) is 3.63. The van der Waals surface area contributed by atoms with Gasteiger partial charge in [0.2, 0.25) is 5.91 Å². The third kappa shape index (κ3) is 5.93. The maximum atomic E-state index is 11.2. The molecular weight excluding hydrogens is 205 g/mol. The molecule has 1 amide bonds. The van der Waals surface area contributed by atoms with Gasteiger partial charge in [-0.1, -0.05) is 13.5 Å². The van der Waals surface area contributed by atoms with Crippen molar-refractivity contribution in [1.82, 2.24) is 5.32 Å². The zero-order chi connectivity index (χ0) is 12.1. The predicted octanol–water partition coefficient (Wildman–Crippen LogP) is 1.11. The Kier molecular flexibility index (Phi) is 6.10. The van der Waals surface area contributed by atoms with Crippen LogP contribution in [0.2, 0.25) is 0 Å². The van der Waals surface area contributed by atoms with Crippen molar-refractivity contribution in [3.63, 3.8) is 0 Å². The summed E-state index contributed by atoms with van der Waals surface area (Å²) in [6.45, 7) is 8.39. The molecule has 1 unspecified atom stereocenters. The van der Waals surface area contributed by atoms with E-state index in [9.17, 15) is 4.79 Å². The smallest absolute Gasteiger partial charge is 0.246 e. The van der Waals surface area contributed by atoms with Gasteiger partial charge in [0.05, 0.1) is 0 Å². The molecule has 0 bridgehead atoms. The molecule has 0 aromatic carbocycles. The van der Waals surface area contributed by atoms with E-state index in [1.807, 2.05) is 0 Å². The first-order chi connectivity index (χ1) is 6.77. The molecule has 15 heavy (non-hydrogen) atoms. The standard InChI is InChI=1S/C11H24BNOS/c1-9(2)11(14)13-7-6-8-15(4,5)10(3)12/h10H,1,6-8,12H2,2-5H3,(H,13,14). The van der Waals surface area contributed by atoms with Gasteiger partial charge in [0, 0.05) is 12.1 Å². The van der Waals surface area contributed by atoms with Crippen molar-refractivity contribution < 1.29 is 4.79 Å². The minimum atomic E-state index is -0.490. The summed E-state index contributed by atoms with van der Waals surface area (Å²) >= 11 is 0. The van der Waals surface area contributed by atoms with E-state index in [-0.39, 0.29) is 5.91 Å². The summed E-state index contributed by atoms with van der Waals surface area (Å²) in [5.74, 6) is 1.20. The Labute approximate surface area is 96.6 Å². The second kappa shape index (κ2) is 6.26. The average Bonchev–Trinajstić information content (AvgIpc) is 2.11. The Bertz CT molecular complexity index is 239. The van der Waals surface area contributed by atoms with E-state index in [4.69, 9.17) is 0 Å². The van der Waals surface area contributed by atoms with Crippen LogP contribution in [0.5, 0.6) is 0 Å². The molecule has 0 fully saturated rings. The number of hydrogen-bond donors (Lipinski definition) is 1. The molecule has 0 rings (SSSR count). The Balaban J connectivity index is 3.72. The van der Waals surface area contributed by atoms with E-state index >= 15 is 0 Å².